The predicted molar refractivity (Wildman–Crippen MR) is 133 cm³/mol. The molecule has 4 aromatic rings. The highest BCUT2D eigenvalue weighted by molar-refractivity contribution is 7.89. The van der Waals surface area contributed by atoms with Gasteiger partial charge in [0, 0.05) is 31.7 Å². The zero-order valence-electron chi connectivity index (χ0n) is 19.8. The van der Waals surface area contributed by atoms with E-state index < -0.39 is 21.8 Å². The molecule has 1 aliphatic heterocycles. The molecule has 0 N–H and O–H groups in total. The topological polar surface area (TPSA) is 92.6 Å². The molecule has 0 spiro atoms. The number of carbonyl (C=O) groups is 1. The minimum Gasteiger partial charge on any atom is -0.336 e. The van der Waals surface area contributed by atoms with E-state index >= 15 is 0 Å². The van der Waals surface area contributed by atoms with Gasteiger partial charge in [0.25, 0.3) is 11.5 Å². The molecule has 1 amide bonds. The Balaban J connectivity index is 1.26. The minimum atomic E-state index is -4.56. The number of aromatic nitrogens is 2. The molecule has 38 heavy (non-hydrogen) atoms. The third-order valence-electron chi connectivity index (χ3n) is 6.40. The van der Waals surface area contributed by atoms with Gasteiger partial charge in [-0.1, -0.05) is 12.1 Å². The highest BCUT2D eigenvalue weighted by Gasteiger charge is 2.33. The number of hydrogen-bond donors (Lipinski definition) is 0. The van der Waals surface area contributed by atoms with E-state index in [0.29, 0.717) is 22.2 Å². The highest BCUT2D eigenvalue weighted by Crippen LogP contribution is 2.30. The van der Waals surface area contributed by atoms with E-state index in [9.17, 15) is 31.2 Å². The first-order chi connectivity index (χ1) is 18.1. The van der Waals surface area contributed by atoms with Gasteiger partial charge in [0.2, 0.25) is 10.0 Å². The molecule has 1 fully saturated rings. The van der Waals surface area contributed by atoms with Crippen LogP contribution in [0.25, 0.3) is 16.6 Å². The van der Waals surface area contributed by atoms with Gasteiger partial charge in [-0.15, -0.1) is 0 Å². The summed E-state index contributed by atoms with van der Waals surface area (Å²) < 4.78 is 66.7. The van der Waals surface area contributed by atoms with Crippen molar-refractivity contribution in [3.05, 3.63) is 101 Å². The quantitative estimate of drug-likeness (QED) is 0.393. The van der Waals surface area contributed by atoms with Gasteiger partial charge < -0.3 is 4.90 Å². The Morgan fingerprint density at radius 2 is 1.47 bits per heavy atom. The number of rotatable bonds is 4. The van der Waals surface area contributed by atoms with Crippen LogP contribution in [0, 0.1) is 0 Å². The van der Waals surface area contributed by atoms with Crippen LogP contribution in [-0.2, 0) is 16.2 Å². The second-order valence-corrected chi connectivity index (χ2v) is 10.6. The Morgan fingerprint density at radius 3 is 2.11 bits per heavy atom. The van der Waals surface area contributed by atoms with Crippen molar-refractivity contribution in [1.29, 1.82) is 0 Å². The number of amides is 1. The van der Waals surface area contributed by atoms with Crippen molar-refractivity contribution in [2.75, 3.05) is 26.2 Å². The number of hydrogen-bond acceptors (Lipinski definition) is 5. The van der Waals surface area contributed by atoms with Crippen molar-refractivity contribution in [2.24, 2.45) is 0 Å². The summed E-state index contributed by atoms with van der Waals surface area (Å²) in [5.41, 5.74) is 0.326. The summed E-state index contributed by atoms with van der Waals surface area (Å²) in [4.78, 5) is 31.4. The van der Waals surface area contributed by atoms with Gasteiger partial charge in [0.15, 0.2) is 0 Å². The molecule has 0 unspecified atom stereocenters. The largest absolute Gasteiger partial charge is 0.416 e. The number of halogens is 3. The summed E-state index contributed by atoms with van der Waals surface area (Å²) in [5, 5.41) is 0.472. The van der Waals surface area contributed by atoms with Gasteiger partial charge in [0.1, 0.15) is 6.33 Å². The number of fused-ring (bicyclic) bond motifs is 1. The van der Waals surface area contributed by atoms with E-state index in [-0.39, 0.29) is 42.5 Å². The Morgan fingerprint density at radius 1 is 0.842 bits per heavy atom. The van der Waals surface area contributed by atoms with E-state index in [0.717, 1.165) is 28.6 Å². The fourth-order valence-electron chi connectivity index (χ4n) is 4.30. The fourth-order valence-corrected chi connectivity index (χ4v) is 5.72. The molecule has 8 nitrogen and oxygen atoms in total. The van der Waals surface area contributed by atoms with E-state index in [1.165, 1.54) is 15.8 Å². The van der Waals surface area contributed by atoms with Crippen LogP contribution in [0.4, 0.5) is 13.2 Å². The number of piperazine rings is 1. The van der Waals surface area contributed by atoms with E-state index in [2.05, 4.69) is 4.98 Å². The van der Waals surface area contributed by atoms with E-state index in [4.69, 9.17) is 0 Å². The third kappa shape index (κ3) is 4.79. The molecule has 0 radical (unpaired) electrons. The average Bonchev–Trinajstić information content (AvgIpc) is 2.93. The zero-order valence-corrected chi connectivity index (χ0v) is 20.6. The SMILES string of the molecule is O=C(c1ccc(-n2cnc3ccccc3c2=O)cc1)N1CCN(S(=O)(=O)c2ccc(C(F)(F)F)cc2)CC1. The van der Waals surface area contributed by atoms with Crippen LogP contribution in [0.1, 0.15) is 15.9 Å². The number of carbonyl (C=O) groups excluding carboxylic acids is 1. The summed E-state index contributed by atoms with van der Waals surface area (Å²) in [6.45, 7) is 0.250. The Bertz CT molecular complexity index is 1660. The fraction of sp³-hybridized carbons (Fsp3) is 0.192. The van der Waals surface area contributed by atoms with Gasteiger partial charge in [0.05, 0.1) is 27.0 Å². The summed E-state index contributed by atoms with van der Waals surface area (Å²) in [6, 6.07) is 16.8. The normalized spacial score (nSPS) is 15.1. The van der Waals surface area contributed by atoms with Gasteiger partial charge in [-0.2, -0.15) is 17.5 Å². The Labute approximate surface area is 215 Å². The second-order valence-electron chi connectivity index (χ2n) is 8.70. The maximum absolute atomic E-state index is 13.0. The van der Waals surface area contributed by atoms with E-state index in [1.807, 2.05) is 0 Å². The maximum atomic E-state index is 13.0. The molecule has 3 aromatic carbocycles. The van der Waals surface area contributed by atoms with Gasteiger partial charge in [-0.3, -0.25) is 14.2 Å². The maximum Gasteiger partial charge on any atom is 0.416 e. The predicted octanol–water partition coefficient (Wildman–Crippen LogP) is 3.55. The van der Waals surface area contributed by atoms with E-state index in [1.54, 1.807) is 48.5 Å². The van der Waals surface area contributed by atoms with Crippen molar-refractivity contribution >= 4 is 26.8 Å². The first-order valence-electron chi connectivity index (χ1n) is 11.6. The molecule has 1 aromatic heterocycles. The number of benzene rings is 3. The van der Waals surface area contributed by atoms with Gasteiger partial charge in [-0.05, 0) is 60.7 Å². The lowest BCUT2D eigenvalue weighted by molar-refractivity contribution is -0.137. The third-order valence-corrected chi connectivity index (χ3v) is 8.32. The molecule has 0 bridgehead atoms. The minimum absolute atomic E-state index is 0.00529. The molecule has 0 atom stereocenters. The van der Waals surface area contributed by atoms with Crippen LogP contribution in [-0.4, -0.2) is 59.3 Å². The highest BCUT2D eigenvalue weighted by atomic mass is 32.2. The van der Waals surface area contributed by atoms with Crippen molar-refractivity contribution < 1.29 is 26.4 Å². The molecule has 0 saturated carbocycles. The van der Waals surface area contributed by atoms with Crippen molar-refractivity contribution in [3.8, 4) is 5.69 Å². The van der Waals surface area contributed by atoms with Crippen LogP contribution in [0.5, 0.6) is 0 Å². The first-order valence-corrected chi connectivity index (χ1v) is 13.0. The number of para-hydroxylation sites is 1. The molecule has 12 heteroatoms. The molecule has 5 rings (SSSR count). The van der Waals surface area contributed by atoms with Crippen molar-refractivity contribution in [3.63, 3.8) is 0 Å². The lowest BCUT2D eigenvalue weighted by Gasteiger charge is -2.34. The molecule has 1 saturated heterocycles. The Hall–Kier alpha value is -4.03. The first kappa shape index (κ1) is 25.6. The zero-order chi connectivity index (χ0) is 27.1. The van der Waals surface area contributed by atoms with Crippen LogP contribution in [0.2, 0.25) is 0 Å². The van der Waals surface area contributed by atoms with Crippen molar-refractivity contribution in [1.82, 2.24) is 18.8 Å². The average molecular weight is 543 g/mol. The number of alkyl halides is 3. The van der Waals surface area contributed by atoms with Gasteiger partial charge in [-0.25, -0.2) is 13.4 Å². The molecule has 196 valence electrons. The molecule has 1 aliphatic rings. The monoisotopic (exact) mass is 542 g/mol. The lowest BCUT2D eigenvalue weighted by atomic mass is 10.1. The molecule has 2 heterocycles. The lowest BCUT2D eigenvalue weighted by Crippen LogP contribution is -2.50. The molecular weight excluding hydrogens is 521 g/mol. The standard InChI is InChI=1S/C26H21F3N4O4S/c27-26(28,29)19-7-11-21(12-8-19)38(36,37)32-15-13-31(14-16-32)24(34)18-5-9-20(10-6-18)33-17-30-23-4-2-1-3-22(23)25(33)35/h1-12,17H,13-16H2. The second kappa shape index (κ2) is 9.69. The molecular formula is C26H21F3N4O4S. The number of sulfonamides is 1. The van der Waals surface area contributed by atoms with Gasteiger partial charge >= 0.3 is 6.18 Å². The Kier molecular flexibility index (Phi) is 6.53. The smallest absolute Gasteiger partial charge is 0.336 e. The number of nitrogens with zero attached hydrogens (tertiary/aromatic N) is 4. The summed E-state index contributed by atoms with van der Waals surface area (Å²) >= 11 is 0. The van der Waals surface area contributed by atoms with Crippen LogP contribution < -0.4 is 5.56 Å². The van der Waals surface area contributed by atoms with Crippen LogP contribution >= 0.6 is 0 Å². The summed E-state index contributed by atoms with van der Waals surface area (Å²) in [5.74, 6) is -0.299. The van der Waals surface area contributed by atoms with Crippen LogP contribution in [0.15, 0.2) is 88.8 Å². The van der Waals surface area contributed by atoms with Crippen LogP contribution in [0.3, 0.4) is 0 Å². The molecule has 0 aliphatic carbocycles. The van der Waals surface area contributed by atoms with Crippen molar-refractivity contribution in [2.45, 2.75) is 11.1 Å². The summed E-state index contributed by atoms with van der Waals surface area (Å²) in [7, 11) is -4.00. The summed E-state index contributed by atoms with van der Waals surface area (Å²) in [6.07, 6.45) is -3.13.